The van der Waals surface area contributed by atoms with Crippen molar-refractivity contribution in [3.63, 3.8) is 0 Å². The third-order valence-electron chi connectivity index (χ3n) is 4.06. The predicted molar refractivity (Wildman–Crippen MR) is 96.2 cm³/mol. The van der Waals surface area contributed by atoms with Crippen molar-refractivity contribution < 1.29 is 13.2 Å². The van der Waals surface area contributed by atoms with Crippen molar-refractivity contribution in [2.75, 3.05) is 12.4 Å². The fraction of sp³-hybridized carbons (Fsp3) is 0.176. The first-order chi connectivity index (χ1) is 11.8. The van der Waals surface area contributed by atoms with Crippen LogP contribution in [0.25, 0.3) is 11.0 Å². The average Bonchev–Trinajstić information content (AvgIpc) is 2.99. The second-order valence-electron chi connectivity index (χ2n) is 5.68. The molecule has 0 saturated heterocycles. The van der Waals surface area contributed by atoms with Gasteiger partial charge in [-0.1, -0.05) is 12.1 Å². The molecule has 0 aliphatic rings. The topological polar surface area (TPSA) is 104 Å². The number of anilines is 1. The molecule has 0 saturated carbocycles. The van der Waals surface area contributed by atoms with E-state index in [1.54, 1.807) is 19.9 Å². The molecular formula is C17H18N4O3S. The molecule has 0 bridgehead atoms. The van der Waals surface area contributed by atoms with Crippen LogP contribution in [0.1, 0.15) is 21.5 Å². The fourth-order valence-electron chi connectivity index (χ4n) is 2.54. The van der Waals surface area contributed by atoms with E-state index in [0.717, 1.165) is 11.0 Å². The largest absolute Gasteiger partial charge is 0.324 e. The number of para-hydroxylation sites is 2. The minimum atomic E-state index is -3.65. The Morgan fingerprint density at radius 3 is 2.56 bits per heavy atom. The maximum absolute atomic E-state index is 12.5. The van der Waals surface area contributed by atoms with Crippen LogP contribution in [0, 0.1) is 13.8 Å². The zero-order valence-corrected chi connectivity index (χ0v) is 14.9. The molecule has 3 rings (SSSR count). The van der Waals surface area contributed by atoms with E-state index in [0.29, 0.717) is 17.1 Å². The molecule has 3 aromatic rings. The zero-order valence-electron chi connectivity index (χ0n) is 14.0. The summed E-state index contributed by atoms with van der Waals surface area (Å²) >= 11 is 0. The SMILES string of the molecule is CNS(=O)(=O)c1cc(C(=O)Nc2nc3ccccc3[nH]2)cc(C)c1C. The smallest absolute Gasteiger partial charge is 0.258 e. The van der Waals surface area contributed by atoms with E-state index in [9.17, 15) is 13.2 Å². The van der Waals surface area contributed by atoms with Crippen LogP contribution >= 0.6 is 0 Å². The minimum Gasteiger partial charge on any atom is -0.324 e. The van der Waals surface area contributed by atoms with Crippen LogP contribution in [0.2, 0.25) is 0 Å². The van der Waals surface area contributed by atoms with Crippen LogP contribution in [0.15, 0.2) is 41.3 Å². The van der Waals surface area contributed by atoms with Crippen LogP contribution < -0.4 is 10.0 Å². The second-order valence-corrected chi connectivity index (χ2v) is 7.54. The first-order valence-electron chi connectivity index (χ1n) is 7.62. The molecular weight excluding hydrogens is 340 g/mol. The van der Waals surface area contributed by atoms with Crippen molar-refractivity contribution in [2.24, 2.45) is 0 Å². The number of nitrogens with zero attached hydrogens (tertiary/aromatic N) is 1. The van der Waals surface area contributed by atoms with E-state index in [4.69, 9.17) is 0 Å². The Labute approximate surface area is 145 Å². The number of hydrogen-bond donors (Lipinski definition) is 3. The van der Waals surface area contributed by atoms with E-state index < -0.39 is 15.9 Å². The van der Waals surface area contributed by atoms with Gasteiger partial charge in [0, 0.05) is 5.56 Å². The van der Waals surface area contributed by atoms with Crippen molar-refractivity contribution in [1.82, 2.24) is 14.7 Å². The Bertz CT molecular complexity index is 1040. The second kappa shape index (κ2) is 6.30. The summed E-state index contributed by atoms with van der Waals surface area (Å²) < 4.78 is 26.6. The van der Waals surface area contributed by atoms with Gasteiger partial charge in [0.05, 0.1) is 15.9 Å². The maximum Gasteiger partial charge on any atom is 0.258 e. The number of benzene rings is 2. The number of aryl methyl sites for hydroxylation is 1. The number of fused-ring (bicyclic) bond motifs is 1. The Kier molecular flexibility index (Phi) is 4.32. The van der Waals surface area contributed by atoms with Gasteiger partial charge in [-0.2, -0.15) is 0 Å². The first-order valence-corrected chi connectivity index (χ1v) is 9.11. The molecule has 0 radical (unpaired) electrons. The van der Waals surface area contributed by atoms with Crippen molar-refractivity contribution in [3.8, 4) is 0 Å². The molecule has 2 aromatic carbocycles. The molecule has 130 valence electrons. The van der Waals surface area contributed by atoms with Crippen molar-refractivity contribution in [3.05, 3.63) is 53.1 Å². The van der Waals surface area contributed by atoms with E-state index >= 15 is 0 Å². The van der Waals surface area contributed by atoms with E-state index in [1.165, 1.54) is 13.1 Å². The maximum atomic E-state index is 12.5. The monoisotopic (exact) mass is 358 g/mol. The third-order valence-corrected chi connectivity index (χ3v) is 5.60. The molecule has 7 nitrogen and oxygen atoms in total. The molecule has 8 heteroatoms. The molecule has 3 N–H and O–H groups in total. The highest BCUT2D eigenvalue weighted by atomic mass is 32.2. The summed E-state index contributed by atoms with van der Waals surface area (Å²) in [6.07, 6.45) is 0. The highest BCUT2D eigenvalue weighted by Crippen LogP contribution is 2.22. The van der Waals surface area contributed by atoms with Crippen molar-refractivity contribution in [2.45, 2.75) is 18.7 Å². The van der Waals surface area contributed by atoms with Gasteiger partial charge in [-0.25, -0.2) is 18.1 Å². The molecule has 25 heavy (non-hydrogen) atoms. The van der Waals surface area contributed by atoms with E-state index in [-0.39, 0.29) is 10.5 Å². The highest BCUT2D eigenvalue weighted by Gasteiger charge is 2.20. The molecule has 0 unspecified atom stereocenters. The summed E-state index contributed by atoms with van der Waals surface area (Å²) in [6.45, 7) is 3.47. The lowest BCUT2D eigenvalue weighted by atomic mass is 10.1. The summed E-state index contributed by atoms with van der Waals surface area (Å²) in [4.78, 5) is 19.9. The summed E-state index contributed by atoms with van der Waals surface area (Å²) in [5.41, 5.74) is 3.10. The highest BCUT2D eigenvalue weighted by molar-refractivity contribution is 7.89. The van der Waals surface area contributed by atoms with Gasteiger partial charge in [0.25, 0.3) is 5.91 Å². The Morgan fingerprint density at radius 1 is 1.16 bits per heavy atom. The number of sulfonamides is 1. The standard InChI is InChI=1S/C17H18N4O3S/c1-10-8-12(9-15(11(10)2)25(23,24)18-3)16(22)21-17-19-13-6-4-5-7-14(13)20-17/h4-9,18H,1-3H3,(H2,19,20,21,22). The predicted octanol–water partition coefficient (Wildman–Crippen LogP) is 2.34. The van der Waals surface area contributed by atoms with Crippen molar-refractivity contribution in [1.29, 1.82) is 0 Å². The molecule has 1 heterocycles. The number of H-pyrrole nitrogens is 1. The first kappa shape index (κ1) is 17.1. The van der Waals surface area contributed by atoms with Crippen LogP contribution in [0.3, 0.4) is 0 Å². The molecule has 1 amide bonds. The molecule has 0 spiro atoms. The van der Waals surface area contributed by atoms with Gasteiger partial charge >= 0.3 is 0 Å². The number of rotatable bonds is 4. The third kappa shape index (κ3) is 3.26. The number of carbonyl (C=O) groups excluding carboxylic acids is 1. The lowest BCUT2D eigenvalue weighted by Crippen LogP contribution is -2.21. The van der Waals surface area contributed by atoms with Crippen molar-refractivity contribution >= 4 is 32.9 Å². The summed E-state index contributed by atoms with van der Waals surface area (Å²) in [5, 5.41) is 2.67. The quantitative estimate of drug-likeness (QED) is 0.666. The van der Waals surface area contributed by atoms with Gasteiger partial charge in [-0.05, 0) is 56.3 Å². The molecule has 0 atom stereocenters. The zero-order chi connectivity index (χ0) is 18.2. The number of nitrogens with one attached hydrogen (secondary N) is 3. The number of aromatic nitrogens is 2. The number of imidazole rings is 1. The van der Waals surface area contributed by atoms with Crippen LogP contribution in [-0.2, 0) is 10.0 Å². The Hall–Kier alpha value is -2.71. The number of carbonyl (C=O) groups is 1. The summed E-state index contributed by atoms with van der Waals surface area (Å²) in [7, 11) is -2.32. The Balaban J connectivity index is 1.97. The van der Waals surface area contributed by atoms with Gasteiger partial charge < -0.3 is 4.98 Å². The summed E-state index contributed by atoms with van der Waals surface area (Å²) in [6, 6.07) is 10.4. The molecule has 1 aromatic heterocycles. The average molecular weight is 358 g/mol. The van der Waals surface area contributed by atoms with Crippen LogP contribution in [0.4, 0.5) is 5.95 Å². The van der Waals surface area contributed by atoms with E-state index in [1.807, 2.05) is 24.3 Å². The van der Waals surface area contributed by atoms with Gasteiger partial charge in [0.1, 0.15) is 0 Å². The minimum absolute atomic E-state index is 0.0877. The molecule has 0 aliphatic carbocycles. The van der Waals surface area contributed by atoms with Crippen LogP contribution in [0.5, 0.6) is 0 Å². The van der Waals surface area contributed by atoms with Gasteiger partial charge in [0.15, 0.2) is 0 Å². The Morgan fingerprint density at radius 2 is 1.88 bits per heavy atom. The number of hydrogen-bond acceptors (Lipinski definition) is 4. The number of amides is 1. The van der Waals surface area contributed by atoms with E-state index in [2.05, 4.69) is 20.0 Å². The van der Waals surface area contributed by atoms with Gasteiger partial charge in [-0.3, -0.25) is 10.1 Å². The summed E-state index contributed by atoms with van der Waals surface area (Å²) in [5.74, 6) is -0.128. The normalized spacial score (nSPS) is 11.6. The lowest BCUT2D eigenvalue weighted by Gasteiger charge is -2.12. The molecule has 0 aliphatic heterocycles. The fourth-order valence-corrected chi connectivity index (χ4v) is 3.60. The van der Waals surface area contributed by atoms with Gasteiger partial charge in [-0.15, -0.1) is 0 Å². The lowest BCUT2D eigenvalue weighted by molar-refractivity contribution is 0.102. The van der Waals surface area contributed by atoms with Crippen LogP contribution in [-0.4, -0.2) is 31.3 Å². The molecule has 0 fully saturated rings. The van der Waals surface area contributed by atoms with Gasteiger partial charge in [0.2, 0.25) is 16.0 Å². The number of aromatic amines is 1.